The van der Waals surface area contributed by atoms with Crippen molar-refractivity contribution in [2.24, 2.45) is 0 Å². The zero-order valence-corrected chi connectivity index (χ0v) is 16.2. The van der Waals surface area contributed by atoms with E-state index in [1.165, 1.54) is 18.4 Å². The zero-order valence-electron chi connectivity index (χ0n) is 13.8. The summed E-state index contributed by atoms with van der Waals surface area (Å²) in [6.45, 7) is 2.18. The van der Waals surface area contributed by atoms with Gasteiger partial charge in [-0.25, -0.2) is 0 Å². The first-order valence-electron chi connectivity index (χ1n) is 8.16. The Hall–Kier alpha value is -2.05. The second-order valence-corrected chi connectivity index (χ2v) is 7.38. The van der Waals surface area contributed by atoms with Gasteiger partial charge in [0.15, 0.2) is 0 Å². The molecule has 0 saturated carbocycles. The molecule has 0 aliphatic rings. The molecule has 128 valence electrons. The van der Waals surface area contributed by atoms with Crippen molar-refractivity contribution in [3.63, 3.8) is 0 Å². The van der Waals surface area contributed by atoms with Gasteiger partial charge in [0.25, 0.3) is 5.91 Å². The van der Waals surface area contributed by atoms with Crippen molar-refractivity contribution in [2.75, 3.05) is 5.32 Å². The van der Waals surface area contributed by atoms with Crippen LogP contribution in [0.2, 0.25) is 0 Å². The maximum atomic E-state index is 12.6. The predicted octanol–water partition coefficient (Wildman–Crippen LogP) is 5.56. The number of carbonyl (C=O) groups is 1. The molecule has 1 amide bonds. The fraction of sp³-hybridized carbons (Fsp3) is 0.211. The number of halogens is 1. The molecule has 0 radical (unpaired) electrons. The molecule has 0 aliphatic carbocycles. The van der Waals surface area contributed by atoms with Crippen LogP contribution in [0.25, 0.3) is 11.3 Å². The minimum Gasteiger partial charge on any atom is -0.321 e. The van der Waals surface area contributed by atoms with Gasteiger partial charge in [-0.1, -0.05) is 58.0 Å². The Kier molecular flexibility index (Phi) is 5.94. The van der Waals surface area contributed by atoms with Crippen LogP contribution in [-0.2, 0) is 6.42 Å². The minimum absolute atomic E-state index is 0.186. The van der Waals surface area contributed by atoms with E-state index in [1.807, 2.05) is 36.4 Å². The van der Waals surface area contributed by atoms with E-state index < -0.39 is 0 Å². The number of nitrogens with zero attached hydrogens (tertiary/aromatic N) is 2. The van der Waals surface area contributed by atoms with Crippen molar-refractivity contribution in [3.8, 4) is 11.3 Å². The quantitative estimate of drug-likeness (QED) is 0.572. The fourth-order valence-electron chi connectivity index (χ4n) is 2.46. The molecule has 6 heteroatoms. The summed E-state index contributed by atoms with van der Waals surface area (Å²) in [5.41, 5.74) is 3.54. The molecule has 1 aromatic heterocycles. The molecule has 3 aromatic rings. The number of aryl methyl sites for hydroxylation is 1. The summed E-state index contributed by atoms with van der Waals surface area (Å²) in [6.07, 6.45) is 3.42. The third kappa shape index (κ3) is 4.52. The molecular weight excluding hydrogens is 398 g/mol. The second kappa shape index (κ2) is 8.36. The molecule has 0 saturated heterocycles. The van der Waals surface area contributed by atoms with Crippen LogP contribution in [-0.4, -0.2) is 15.5 Å². The molecule has 2 aromatic carbocycles. The number of hydrogen-bond acceptors (Lipinski definition) is 4. The average Bonchev–Trinajstić information content (AvgIpc) is 3.11. The molecule has 0 atom stereocenters. The van der Waals surface area contributed by atoms with Crippen molar-refractivity contribution in [2.45, 2.75) is 26.2 Å². The van der Waals surface area contributed by atoms with E-state index in [0.29, 0.717) is 10.6 Å². The number of anilines is 1. The van der Waals surface area contributed by atoms with E-state index in [-0.39, 0.29) is 5.91 Å². The molecule has 4 nitrogen and oxygen atoms in total. The molecule has 0 bridgehead atoms. The number of amides is 1. The summed E-state index contributed by atoms with van der Waals surface area (Å²) >= 11 is 4.51. The summed E-state index contributed by atoms with van der Waals surface area (Å²) in [4.78, 5) is 13.1. The largest absolute Gasteiger partial charge is 0.321 e. The Morgan fingerprint density at radius 2 is 1.84 bits per heavy atom. The summed E-state index contributed by atoms with van der Waals surface area (Å²) in [6, 6.07) is 15.7. The van der Waals surface area contributed by atoms with Crippen molar-refractivity contribution in [1.82, 2.24) is 9.59 Å². The average molecular weight is 416 g/mol. The van der Waals surface area contributed by atoms with Gasteiger partial charge in [0, 0.05) is 15.7 Å². The van der Waals surface area contributed by atoms with Gasteiger partial charge in [0.1, 0.15) is 10.6 Å². The van der Waals surface area contributed by atoms with Crippen molar-refractivity contribution in [1.29, 1.82) is 0 Å². The van der Waals surface area contributed by atoms with Gasteiger partial charge in [0.2, 0.25) is 0 Å². The number of carbonyl (C=O) groups excluding carboxylic acids is 1. The minimum atomic E-state index is -0.186. The summed E-state index contributed by atoms with van der Waals surface area (Å²) < 4.78 is 4.93. The van der Waals surface area contributed by atoms with Crippen LogP contribution in [0, 0.1) is 0 Å². The molecule has 25 heavy (non-hydrogen) atoms. The van der Waals surface area contributed by atoms with E-state index >= 15 is 0 Å². The molecule has 0 aliphatic heterocycles. The van der Waals surface area contributed by atoms with E-state index in [2.05, 4.69) is 49.9 Å². The highest BCUT2D eigenvalue weighted by Crippen LogP contribution is 2.26. The van der Waals surface area contributed by atoms with Crippen molar-refractivity contribution < 1.29 is 4.79 Å². The van der Waals surface area contributed by atoms with Gasteiger partial charge in [-0.3, -0.25) is 4.79 Å². The number of unbranched alkanes of at least 4 members (excludes halogenated alkanes) is 1. The van der Waals surface area contributed by atoms with Crippen LogP contribution in [0.15, 0.2) is 53.0 Å². The molecule has 3 rings (SSSR count). The molecular formula is C19H18BrN3OS. The Morgan fingerprint density at radius 1 is 1.12 bits per heavy atom. The van der Waals surface area contributed by atoms with Gasteiger partial charge in [-0.2, -0.15) is 0 Å². The SMILES string of the molecule is CCCCc1ccc(NC(=O)c2snnc2-c2ccc(Br)cc2)cc1. The van der Waals surface area contributed by atoms with Crippen LogP contribution in [0.1, 0.15) is 35.0 Å². The number of hydrogen-bond donors (Lipinski definition) is 1. The maximum Gasteiger partial charge on any atom is 0.269 e. The van der Waals surface area contributed by atoms with Crippen LogP contribution in [0.4, 0.5) is 5.69 Å². The molecule has 0 spiro atoms. The first-order valence-corrected chi connectivity index (χ1v) is 9.72. The highest BCUT2D eigenvalue weighted by Gasteiger charge is 2.18. The molecule has 0 unspecified atom stereocenters. The number of aromatic nitrogens is 2. The van der Waals surface area contributed by atoms with Gasteiger partial charge < -0.3 is 5.32 Å². The van der Waals surface area contributed by atoms with E-state index in [1.54, 1.807) is 0 Å². The summed E-state index contributed by atoms with van der Waals surface area (Å²) in [5, 5.41) is 7.05. The predicted molar refractivity (Wildman–Crippen MR) is 106 cm³/mol. The lowest BCUT2D eigenvalue weighted by atomic mass is 10.1. The highest BCUT2D eigenvalue weighted by molar-refractivity contribution is 9.10. The van der Waals surface area contributed by atoms with Crippen LogP contribution in [0.3, 0.4) is 0 Å². The van der Waals surface area contributed by atoms with E-state index in [9.17, 15) is 4.79 Å². The van der Waals surface area contributed by atoms with Crippen LogP contribution in [0.5, 0.6) is 0 Å². The number of rotatable bonds is 6. The Bertz CT molecular complexity index is 844. The molecule has 1 heterocycles. The topological polar surface area (TPSA) is 54.9 Å². The standard InChI is InChI=1S/C19H18BrN3OS/c1-2-3-4-13-5-11-16(12-6-13)21-19(24)18-17(22-23-25-18)14-7-9-15(20)10-8-14/h5-12H,2-4H2,1H3,(H,21,24). The van der Waals surface area contributed by atoms with Gasteiger partial charge in [0.05, 0.1) is 0 Å². The maximum absolute atomic E-state index is 12.6. The first kappa shape index (κ1) is 17.8. The Labute approximate surface area is 159 Å². The summed E-state index contributed by atoms with van der Waals surface area (Å²) in [7, 11) is 0. The number of benzene rings is 2. The van der Waals surface area contributed by atoms with Crippen molar-refractivity contribution >= 4 is 39.1 Å². The normalized spacial score (nSPS) is 10.6. The van der Waals surface area contributed by atoms with Gasteiger partial charge in [-0.05, 0) is 54.2 Å². The number of nitrogens with one attached hydrogen (secondary N) is 1. The van der Waals surface area contributed by atoms with Crippen LogP contribution < -0.4 is 5.32 Å². The third-order valence-electron chi connectivity index (χ3n) is 3.84. The van der Waals surface area contributed by atoms with Crippen molar-refractivity contribution in [3.05, 3.63) is 63.4 Å². The zero-order chi connectivity index (χ0) is 17.6. The Balaban J connectivity index is 1.74. The molecule has 0 fully saturated rings. The first-order chi connectivity index (χ1) is 12.2. The monoisotopic (exact) mass is 415 g/mol. The third-order valence-corrected chi connectivity index (χ3v) is 5.10. The van der Waals surface area contributed by atoms with Gasteiger partial charge >= 0.3 is 0 Å². The fourth-order valence-corrected chi connectivity index (χ4v) is 3.31. The summed E-state index contributed by atoms with van der Waals surface area (Å²) in [5.74, 6) is -0.186. The lowest BCUT2D eigenvalue weighted by Gasteiger charge is -2.06. The van der Waals surface area contributed by atoms with Crippen LogP contribution >= 0.6 is 27.5 Å². The highest BCUT2D eigenvalue weighted by atomic mass is 79.9. The second-order valence-electron chi connectivity index (χ2n) is 5.71. The lowest BCUT2D eigenvalue weighted by molar-refractivity contribution is 0.103. The van der Waals surface area contributed by atoms with E-state index in [0.717, 1.165) is 33.7 Å². The lowest BCUT2D eigenvalue weighted by Crippen LogP contribution is -2.11. The van der Waals surface area contributed by atoms with E-state index in [4.69, 9.17) is 0 Å². The molecule has 1 N–H and O–H groups in total. The Morgan fingerprint density at radius 3 is 2.52 bits per heavy atom. The smallest absolute Gasteiger partial charge is 0.269 e. The van der Waals surface area contributed by atoms with Gasteiger partial charge in [-0.15, -0.1) is 5.10 Å².